The van der Waals surface area contributed by atoms with Gasteiger partial charge in [0.15, 0.2) is 0 Å². The molecule has 3 aliphatic heterocycles. The van der Waals surface area contributed by atoms with Crippen molar-refractivity contribution in [3.8, 4) is 21.6 Å². The number of thiazole rings is 1. The van der Waals surface area contributed by atoms with Gasteiger partial charge in [0.2, 0.25) is 35.4 Å². The second-order valence-corrected chi connectivity index (χ2v) is 25.8. The van der Waals surface area contributed by atoms with Crippen LogP contribution in [0.1, 0.15) is 136 Å². The molecule has 8 atom stereocenters. The number of benzene rings is 5. The summed E-state index contributed by atoms with van der Waals surface area (Å²) in [7, 11) is 0. The molecule has 10 rings (SSSR count). The molecule has 4 heterocycles. The first kappa shape index (κ1) is 62.8. The first-order chi connectivity index (χ1) is 42.2. The van der Waals surface area contributed by atoms with Crippen LogP contribution in [-0.4, -0.2) is 112 Å². The van der Waals surface area contributed by atoms with Crippen LogP contribution in [0.25, 0.3) is 21.6 Å². The van der Waals surface area contributed by atoms with E-state index in [-0.39, 0.29) is 75.6 Å². The first-order valence-corrected chi connectivity index (χ1v) is 31.5. The third kappa shape index (κ3) is 14.3. The SMILES string of the molecule is Cc1ncsc1-c1ccc([C@H](C)NC(=O)[C@@H]2C[C@@H](O)CN2C(=O)[C@@H](NC(=O)CCCCc2ccc(CO[C@H](C)[C@H](CCC(N)=O)NC(=O)[C@@H]3Cc4cccc5c4N3C(=O)[C@@H](NC(=O)OCC3c4ccccc4-c4ccccc43)CC5)cc2)C(C)(C)C)cc1. The van der Waals surface area contributed by atoms with Crippen LogP contribution in [0.3, 0.4) is 0 Å². The first-order valence-electron chi connectivity index (χ1n) is 30.6. The highest BCUT2D eigenvalue weighted by molar-refractivity contribution is 7.13. The Balaban J connectivity index is 0.689. The van der Waals surface area contributed by atoms with Crippen molar-refractivity contribution < 1.29 is 48.1 Å². The zero-order chi connectivity index (χ0) is 62.4. The molecule has 1 aromatic heterocycles. The van der Waals surface area contributed by atoms with Crippen LogP contribution < -0.4 is 31.9 Å². The number of ether oxygens (including phenoxy) is 2. The average Bonchev–Trinajstić information content (AvgIpc) is 1.95. The summed E-state index contributed by atoms with van der Waals surface area (Å²) in [6, 6.07) is 33.0. The molecule has 5 aromatic carbocycles. The molecule has 7 amide bonds. The summed E-state index contributed by atoms with van der Waals surface area (Å²) in [5.74, 6) is -2.58. The summed E-state index contributed by atoms with van der Waals surface area (Å²) in [6.45, 7) is 11.5. The Morgan fingerprint density at radius 1 is 0.795 bits per heavy atom. The summed E-state index contributed by atoms with van der Waals surface area (Å²) >= 11 is 1.57. The molecule has 1 aliphatic carbocycles. The average molecular weight is 1210 g/mol. The number of β-amino-alcohol motifs (C(OH)–C–C–N with tert-alkyl or cyclic N) is 1. The predicted octanol–water partition coefficient (Wildman–Crippen LogP) is 8.67. The van der Waals surface area contributed by atoms with Crippen LogP contribution in [0.4, 0.5) is 10.5 Å². The molecule has 1 saturated heterocycles. The highest BCUT2D eigenvalue weighted by atomic mass is 32.1. The third-order valence-electron chi connectivity index (χ3n) is 17.7. The maximum absolute atomic E-state index is 14.6. The van der Waals surface area contributed by atoms with Gasteiger partial charge in [-0.1, -0.05) is 136 Å². The summed E-state index contributed by atoms with van der Waals surface area (Å²) < 4.78 is 12.2. The number of alkyl carbamates (subject to hydrolysis) is 1. The topological polar surface area (TPSA) is 252 Å². The summed E-state index contributed by atoms with van der Waals surface area (Å²) in [5, 5.41) is 22.7. The van der Waals surface area contributed by atoms with Gasteiger partial charge in [-0.3, -0.25) is 33.7 Å². The molecule has 4 aliphatic rings. The number of amides is 7. The molecule has 462 valence electrons. The Morgan fingerprint density at radius 3 is 2.14 bits per heavy atom. The van der Waals surface area contributed by atoms with E-state index in [0.29, 0.717) is 37.8 Å². The van der Waals surface area contributed by atoms with E-state index in [1.54, 1.807) is 11.3 Å². The quantitative estimate of drug-likeness (QED) is 0.0331. The number of likely N-dealkylation sites (tertiary alicyclic amines) is 1. The van der Waals surface area contributed by atoms with E-state index in [1.165, 1.54) is 9.80 Å². The number of nitrogens with zero attached hydrogens (tertiary/aromatic N) is 3. The second-order valence-electron chi connectivity index (χ2n) is 25.0. The van der Waals surface area contributed by atoms with Crippen molar-refractivity contribution in [2.45, 2.75) is 167 Å². The highest BCUT2D eigenvalue weighted by Gasteiger charge is 2.47. The molecule has 18 nitrogen and oxygen atoms in total. The largest absolute Gasteiger partial charge is 0.449 e. The van der Waals surface area contributed by atoms with E-state index in [0.717, 1.165) is 66.2 Å². The molecule has 88 heavy (non-hydrogen) atoms. The lowest BCUT2D eigenvalue weighted by Gasteiger charge is -2.35. The van der Waals surface area contributed by atoms with Crippen molar-refractivity contribution in [2.75, 3.05) is 18.1 Å². The third-order valence-corrected chi connectivity index (χ3v) is 18.6. The minimum absolute atomic E-state index is 0.00949. The molecule has 0 spiro atoms. The number of rotatable bonds is 23. The summed E-state index contributed by atoms with van der Waals surface area (Å²) in [4.78, 5) is 105. The number of aromatic nitrogens is 1. The smallest absolute Gasteiger partial charge is 0.407 e. The van der Waals surface area contributed by atoms with Gasteiger partial charge in [-0.05, 0) is 120 Å². The van der Waals surface area contributed by atoms with E-state index in [2.05, 4.69) is 38.4 Å². The predicted molar refractivity (Wildman–Crippen MR) is 337 cm³/mol. The molecule has 0 radical (unpaired) electrons. The molecule has 19 heteroatoms. The van der Waals surface area contributed by atoms with Crippen LogP contribution in [0.15, 0.2) is 121 Å². The van der Waals surface area contributed by atoms with Crippen molar-refractivity contribution in [3.05, 3.63) is 165 Å². The van der Waals surface area contributed by atoms with Gasteiger partial charge < -0.3 is 46.5 Å². The zero-order valence-electron chi connectivity index (χ0n) is 50.9. The van der Waals surface area contributed by atoms with Crippen LogP contribution in [0, 0.1) is 12.3 Å². The number of carbonyl (C=O) groups is 7. The van der Waals surface area contributed by atoms with E-state index >= 15 is 0 Å². The Morgan fingerprint density at radius 2 is 1.47 bits per heavy atom. The second kappa shape index (κ2) is 27.4. The number of aliphatic hydroxyl groups excluding tert-OH is 1. The molecular weight excluding hydrogens is 1130 g/mol. The number of fused-ring (bicyclic) bond motifs is 3. The van der Waals surface area contributed by atoms with Gasteiger partial charge in [-0.25, -0.2) is 9.78 Å². The Labute approximate surface area is 518 Å². The minimum atomic E-state index is -0.957. The molecule has 1 fully saturated rings. The van der Waals surface area contributed by atoms with Crippen LogP contribution in [0.5, 0.6) is 0 Å². The van der Waals surface area contributed by atoms with E-state index in [9.17, 15) is 38.7 Å². The van der Waals surface area contributed by atoms with Crippen LogP contribution >= 0.6 is 11.3 Å². The number of unbranched alkanes of at least 4 members (excludes halogenated alkanes) is 1. The summed E-state index contributed by atoms with van der Waals surface area (Å²) in [6.07, 6.45) is 1.31. The number of hydrogen-bond donors (Lipinski definition) is 6. The molecule has 7 N–H and O–H groups in total. The van der Waals surface area contributed by atoms with Gasteiger partial charge in [-0.15, -0.1) is 11.3 Å². The number of para-hydroxylation sites is 1. The Hall–Kier alpha value is -8.26. The highest BCUT2D eigenvalue weighted by Crippen LogP contribution is 2.45. The number of nitrogens with one attached hydrogen (secondary N) is 4. The molecule has 6 aromatic rings. The normalized spacial score (nSPS) is 19.1. The van der Waals surface area contributed by atoms with Gasteiger partial charge in [0.1, 0.15) is 30.8 Å². The molecule has 0 unspecified atom stereocenters. The number of carbonyl (C=O) groups excluding carboxylic acids is 7. The number of hydrogen-bond acceptors (Lipinski definition) is 12. The fourth-order valence-electron chi connectivity index (χ4n) is 12.8. The maximum Gasteiger partial charge on any atom is 0.407 e. The van der Waals surface area contributed by atoms with E-state index < -0.39 is 77.6 Å². The lowest BCUT2D eigenvalue weighted by molar-refractivity contribution is -0.144. The van der Waals surface area contributed by atoms with Gasteiger partial charge >= 0.3 is 6.09 Å². The fourth-order valence-corrected chi connectivity index (χ4v) is 13.6. The molecular formula is C69H80N8O10S. The van der Waals surface area contributed by atoms with Crippen molar-refractivity contribution >= 4 is 58.6 Å². The number of nitrogens with two attached hydrogens (primary N) is 1. The minimum Gasteiger partial charge on any atom is -0.449 e. The standard InChI is InChI=1S/C69H80N8O10S/c1-40(45-26-28-47(29-27-45)62-41(2)71-39-88-62)72-64(81)57-35-49(78)36-76(57)67(84)63(69(4,5)6)75-60(80)21-12-7-14-43-22-24-44(25-23-43)37-86-42(3)55(32-33-59(70)79)73-65(82)58-34-48-16-13-15-46-30-31-56(66(83)77(58)61(46)48)74-68(85)87-38-54-52-19-10-8-17-50(52)51-18-9-11-20-53(51)54/h8-11,13,15-20,22-29,39-40,42,49,54-58,63,78H,7,12,14,21,30-38H2,1-6H3,(H2,70,79)(H,72,81)(H,73,82)(H,74,85)(H,75,80)/t40-,42+,49+,55-,56-,57-,58-,63+/m0/s1. The van der Waals surface area contributed by atoms with Crippen LogP contribution in [0.2, 0.25) is 0 Å². The van der Waals surface area contributed by atoms with Gasteiger partial charge in [-0.2, -0.15) is 0 Å². The number of primary amides is 1. The molecule has 0 bridgehead atoms. The summed E-state index contributed by atoms with van der Waals surface area (Å²) in [5.41, 5.74) is 18.3. The lowest BCUT2D eigenvalue weighted by Crippen LogP contribution is -2.57. The van der Waals surface area contributed by atoms with Crippen molar-refractivity contribution in [1.82, 2.24) is 31.2 Å². The Kier molecular flexibility index (Phi) is 19.6. The number of aryl methyl sites for hydroxylation is 3. The van der Waals surface area contributed by atoms with E-state index in [4.69, 9.17) is 15.2 Å². The van der Waals surface area contributed by atoms with Crippen LogP contribution in [-0.2, 0) is 64.1 Å². The van der Waals surface area contributed by atoms with Crippen molar-refractivity contribution in [2.24, 2.45) is 11.1 Å². The maximum atomic E-state index is 14.6. The lowest BCUT2D eigenvalue weighted by atomic mass is 9.85. The Bertz CT molecular complexity index is 3500. The fraction of sp³-hybridized carbons (Fsp3) is 0.420. The van der Waals surface area contributed by atoms with Gasteiger partial charge in [0, 0.05) is 38.1 Å². The number of aliphatic hydroxyl groups is 1. The number of anilines is 1. The molecule has 0 saturated carbocycles. The van der Waals surface area contributed by atoms with Gasteiger partial charge in [0.05, 0.1) is 52.7 Å². The monoisotopic (exact) mass is 1210 g/mol. The van der Waals surface area contributed by atoms with E-state index in [1.807, 2.05) is 150 Å². The van der Waals surface area contributed by atoms with Gasteiger partial charge in [0.25, 0.3) is 0 Å². The van der Waals surface area contributed by atoms with Crippen molar-refractivity contribution in [3.63, 3.8) is 0 Å². The zero-order valence-corrected chi connectivity index (χ0v) is 51.7. The van der Waals surface area contributed by atoms with Crippen molar-refractivity contribution in [1.29, 1.82) is 0 Å².